The molecule has 0 fully saturated rings. The van der Waals surface area contributed by atoms with Crippen molar-refractivity contribution in [3.63, 3.8) is 0 Å². The lowest BCUT2D eigenvalue weighted by Gasteiger charge is -2.13. The van der Waals surface area contributed by atoms with E-state index in [1.54, 1.807) is 11.6 Å². The average molecular weight is 809 g/mol. The van der Waals surface area contributed by atoms with E-state index in [0.717, 1.165) is 84.2 Å². The number of nitrogens with zero attached hydrogens (tertiary/aromatic N) is 6. The van der Waals surface area contributed by atoms with Gasteiger partial charge in [-0.3, -0.25) is 19.5 Å². The van der Waals surface area contributed by atoms with Gasteiger partial charge >= 0.3 is 0 Å². The lowest BCUT2D eigenvalue weighted by molar-refractivity contribution is -0.117. The van der Waals surface area contributed by atoms with Crippen molar-refractivity contribution in [2.75, 3.05) is 0 Å². The van der Waals surface area contributed by atoms with Crippen LogP contribution >= 0.6 is 23.2 Å². The summed E-state index contributed by atoms with van der Waals surface area (Å²) in [4.78, 5) is 22.1. The molecular weight excluding hydrogens is 769 g/mol. The summed E-state index contributed by atoms with van der Waals surface area (Å²) < 4.78 is 13.2. The van der Waals surface area contributed by atoms with Crippen LogP contribution in [0.15, 0.2) is 135 Å². The van der Waals surface area contributed by atoms with Gasteiger partial charge in [-0.1, -0.05) is 101 Å². The molecule has 0 amide bonds. The normalized spacial score (nSPS) is 15.3. The number of hydrogen-bond donors (Lipinski definition) is 1. The van der Waals surface area contributed by atoms with Crippen LogP contribution in [-0.4, -0.2) is 37.3 Å². The molecule has 5 heterocycles. The number of aromatic nitrogens is 4. The van der Waals surface area contributed by atoms with Crippen LogP contribution in [0.3, 0.4) is 0 Å². The Morgan fingerprint density at radius 3 is 1.72 bits per heavy atom. The molecule has 0 aliphatic carbocycles. The van der Waals surface area contributed by atoms with Crippen LogP contribution in [0.1, 0.15) is 77.0 Å². The largest absolute Gasteiger partial charge is 0.402 e. The Morgan fingerprint density at radius 1 is 0.707 bits per heavy atom. The molecule has 4 aromatic carbocycles. The van der Waals surface area contributed by atoms with Crippen LogP contribution in [0.25, 0.3) is 33.4 Å². The molecule has 0 spiro atoms. The second-order valence-electron chi connectivity index (χ2n) is 14.5. The highest BCUT2D eigenvalue weighted by atomic mass is 35.5. The molecule has 9 rings (SSSR count). The minimum Gasteiger partial charge on any atom is -0.402 e. The van der Waals surface area contributed by atoms with Gasteiger partial charge in [0.15, 0.2) is 11.5 Å². The number of aryl methyl sites for hydroxylation is 3. The number of benzene rings is 4. The molecule has 58 heavy (non-hydrogen) atoms. The fourth-order valence-corrected chi connectivity index (χ4v) is 7.79. The molecule has 7 aromatic rings. The zero-order chi connectivity index (χ0) is 40.7. The lowest BCUT2D eigenvalue weighted by atomic mass is 9.90. The summed E-state index contributed by atoms with van der Waals surface area (Å²) in [5, 5.41) is 14.0. The Kier molecular flexibility index (Phi) is 10.5. The third-order valence-corrected chi connectivity index (χ3v) is 10.7. The number of carbonyl (C=O) groups excluding carboxylic acids is 1. The van der Waals surface area contributed by atoms with Gasteiger partial charge in [-0.25, -0.2) is 0 Å². The summed E-state index contributed by atoms with van der Waals surface area (Å²) in [5.74, 6) is 1.39. The van der Waals surface area contributed by atoms with Crippen molar-refractivity contribution in [3.05, 3.63) is 171 Å². The molecule has 2 N–H and O–H groups in total. The number of hydrogen-bond acceptors (Lipinski definition) is 9. The number of Topliss-reactive ketones (excluding diaryl/α,β-unsaturated/α-hetero) is 1. The van der Waals surface area contributed by atoms with E-state index in [1.165, 1.54) is 0 Å². The molecule has 0 radical (unpaired) electrons. The lowest BCUT2D eigenvalue weighted by Crippen LogP contribution is -2.08. The Bertz CT molecular complexity index is 2760. The van der Waals surface area contributed by atoms with Gasteiger partial charge in [0.25, 0.3) is 0 Å². The second-order valence-corrected chi connectivity index (χ2v) is 15.4. The summed E-state index contributed by atoms with van der Waals surface area (Å²) in [6, 6.07) is 29.0. The van der Waals surface area contributed by atoms with Crippen molar-refractivity contribution in [1.82, 2.24) is 20.1 Å². The van der Waals surface area contributed by atoms with E-state index in [9.17, 15) is 4.79 Å². The van der Waals surface area contributed by atoms with Crippen LogP contribution in [0.2, 0.25) is 10.0 Å². The summed E-state index contributed by atoms with van der Waals surface area (Å²) in [7, 11) is 1.90. The second kappa shape index (κ2) is 15.9. The van der Waals surface area contributed by atoms with E-state index in [2.05, 4.69) is 52.3 Å². The molecule has 2 atom stereocenters. The van der Waals surface area contributed by atoms with Crippen molar-refractivity contribution >= 4 is 40.4 Å². The van der Waals surface area contributed by atoms with Gasteiger partial charge in [0.1, 0.15) is 17.9 Å². The van der Waals surface area contributed by atoms with Crippen LogP contribution in [0.5, 0.6) is 0 Å². The molecule has 2 aliphatic heterocycles. The van der Waals surface area contributed by atoms with Crippen molar-refractivity contribution in [2.24, 2.45) is 22.8 Å². The highest BCUT2D eigenvalue weighted by Gasteiger charge is 2.32. The maximum absolute atomic E-state index is 12.1. The number of halogens is 2. The Balaban J connectivity index is 0.000000165. The van der Waals surface area contributed by atoms with Crippen LogP contribution in [0, 0.1) is 13.8 Å². The molecule has 12 heteroatoms. The van der Waals surface area contributed by atoms with Crippen molar-refractivity contribution < 1.29 is 13.8 Å². The summed E-state index contributed by atoms with van der Waals surface area (Å²) >= 11 is 12.2. The van der Waals surface area contributed by atoms with E-state index >= 15 is 0 Å². The van der Waals surface area contributed by atoms with Crippen LogP contribution < -0.4 is 5.73 Å². The predicted molar refractivity (Wildman–Crippen MR) is 228 cm³/mol. The smallest absolute Gasteiger partial charge is 0.169 e. The number of nitrogens with two attached hydrogens (primary N) is 1. The number of fused-ring (bicyclic) bond motifs is 6. The first-order valence-electron chi connectivity index (χ1n) is 18.7. The van der Waals surface area contributed by atoms with Gasteiger partial charge in [0, 0.05) is 69.6 Å². The molecule has 290 valence electrons. The maximum atomic E-state index is 12.1. The number of carbonyl (C=O) groups is 1. The van der Waals surface area contributed by atoms with Gasteiger partial charge in [-0.15, -0.1) is 0 Å². The van der Waals surface area contributed by atoms with E-state index in [0.29, 0.717) is 27.9 Å². The van der Waals surface area contributed by atoms with Crippen molar-refractivity contribution in [1.29, 1.82) is 0 Å². The standard InChI is InChI=1S/C25H21ClN4O2.C21H18ClN3O/c1-14(31)10-22-25-23(15(2)29-32-25)20-9-6-17(18-12-27-30(3)13-18)11-21(20)24(28-22)16-4-7-19(26)8-5-16;1-12(23)11-18-21-19(13(2)25-26-21)16-5-3-4-6-17(16)20(24-18)14-7-9-15(22)10-8-14/h4-9,11-13,22H,10H2,1-3H3;3-10,18H,1,11,23H2,2H3/t22-;18-/m00/s1. The zero-order valence-corrected chi connectivity index (χ0v) is 33.8. The third-order valence-electron chi connectivity index (χ3n) is 10.2. The topological polar surface area (TPSA) is 138 Å². The fraction of sp³-hybridized carbons (Fsp3) is 0.174. The Morgan fingerprint density at radius 2 is 1.21 bits per heavy atom. The fourth-order valence-electron chi connectivity index (χ4n) is 7.54. The van der Waals surface area contributed by atoms with Gasteiger partial charge in [0.2, 0.25) is 0 Å². The highest BCUT2D eigenvalue weighted by Crippen LogP contribution is 2.43. The summed E-state index contributed by atoms with van der Waals surface area (Å²) in [5.41, 5.74) is 19.6. The van der Waals surface area contributed by atoms with E-state index in [1.807, 2.05) is 94.0 Å². The molecule has 0 unspecified atom stereocenters. The quantitative estimate of drug-likeness (QED) is 0.169. The maximum Gasteiger partial charge on any atom is 0.169 e. The minimum absolute atomic E-state index is 0.0382. The third kappa shape index (κ3) is 7.56. The summed E-state index contributed by atoms with van der Waals surface area (Å²) in [6.45, 7) is 9.28. The highest BCUT2D eigenvalue weighted by molar-refractivity contribution is 6.31. The number of aliphatic imine (C=N–C) groups is 2. The van der Waals surface area contributed by atoms with E-state index in [4.69, 9.17) is 48.0 Å². The number of rotatable bonds is 7. The van der Waals surface area contributed by atoms with Gasteiger partial charge < -0.3 is 14.8 Å². The van der Waals surface area contributed by atoms with E-state index in [-0.39, 0.29) is 18.2 Å². The number of ketones is 1. The Labute approximate surface area is 345 Å². The van der Waals surface area contributed by atoms with Crippen LogP contribution in [0.4, 0.5) is 0 Å². The van der Waals surface area contributed by atoms with E-state index < -0.39 is 6.04 Å². The van der Waals surface area contributed by atoms with Gasteiger partial charge in [-0.2, -0.15) is 5.10 Å². The van der Waals surface area contributed by atoms with Gasteiger partial charge in [0.05, 0.1) is 40.1 Å². The molecular formula is C46H39Cl2N7O3. The first-order valence-corrected chi connectivity index (χ1v) is 19.5. The molecule has 0 saturated heterocycles. The Hall–Kier alpha value is -6.36. The SMILES string of the molecule is C=C(N)C[C@@H]1N=C(c2ccc(Cl)cc2)c2ccccc2-c2c(C)noc21.CC(=O)C[C@@H]1N=C(c2ccc(Cl)cc2)c2cc(-c3cnn(C)c3)ccc2-c2c(C)noc21. The first-order chi connectivity index (χ1) is 27.9. The molecule has 0 bridgehead atoms. The average Bonchev–Trinajstić information content (AvgIpc) is 3.88. The zero-order valence-electron chi connectivity index (χ0n) is 32.3. The molecule has 3 aromatic heterocycles. The van der Waals surface area contributed by atoms with Gasteiger partial charge in [-0.05, 0) is 67.8 Å². The summed E-state index contributed by atoms with van der Waals surface area (Å²) in [6.07, 6.45) is 4.55. The molecule has 10 nitrogen and oxygen atoms in total. The first kappa shape index (κ1) is 38.5. The molecule has 0 saturated carbocycles. The monoisotopic (exact) mass is 807 g/mol. The van der Waals surface area contributed by atoms with Crippen LogP contribution in [-0.2, 0) is 11.8 Å². The van der Waals surface area contributed by atoms with Crippen molar-refractivity contribution in [2.45, 2.75) is 45.7 Å². The predicted octanol–water partition coefficient (Wildman–Crippen LogP) is 10.6. The van der Waals surface area contributed by atoms with Crippen molar-refractivity contribution in [3.8, 4) is 33.4 Å². The molecule has 2 aliphatic rings. The minimum atomic E-state index is -0.455.